The van der Waals surface area contributed by atoms with Crippen LogP contribution in [0.4, 0.5) is 0 Å². The number of carbonyl (C=O) groups excluding carboxylic acids is 1. The summed E-state index contributed by atoms with van der Waals surface area (Å²) < 4.78 is 26.9. The van der Waals surface area contributed by atoms with Crippen LogP contribution in [0, 0.1) is 3.57 Å². The lowest BCUT2D eigenvalue weighted by Crippen LogP contribution is -2.37. The van der Waals surface area contributed by atoms with Gasteiger partial charge < -0.3 is 5.32 Å². The number of sulfonamides is 1. The summed E-state index contributed by atoms with van der Waals surface area (Å²) in [7, 11) is -3.61. The molecule has 0 saturated carbocycles. The Hall–Kier alpha value is -0.670. The van der Waals surface area contributed by atoms with Gasteiger partial charge in [-0.3, -0.25) is 4.79 Å². The fourth-order valence-electron chi connectivity index (χ4n) is 1.18. The van der Waals surface area contributed by atoms with Crippen molar-refractivity contribution in [1.82, 2.24) is 10.0 Å². The minimum atomic E-state index is -3.61. The average molecular weight is 382 g/mol. The monoisotopic (exact) mass is 382 g/mol. The number of nitrogens with one attached hydrogen (secondary N) is 2. The molecule has 1 rings (SSSR count). The summed E-state index contributed by atoms with van der Waals surface area (Å²) in [5.74, 6) is -0.328. The topological polar surface area (TPSA) is 75.3 Å². The van der Waals surface area contributed by atoms with Crippen LogP contribution in [0.25, 0.3) is 0 Å². The molecule has 0 heterocycles. The van der Waals surface area contributed by atoms with Crippen LogP contribution in [0.2, 0.25) is 0 Å². The molecule has 1 aromatic rings. The summed E-state index contributed by atoms with van der Waals surface area (Å²) in [5, 5.41) is 2.60. The fraction of sp³-hybridized carbons (Fsp3) is 0.364. The molecule has 0 bridgehead atoms. The molecule has 0 aliphatic rings. The summed E-state index contributed by atoms with van der Waals surface area (Å²) in [5.41, 5.74) is 0. The van der Waals surface area contributed by atoms with Gasteiger partial charge in [-0.25, -0.2) is 13.1 Å². The van der Waals surface area contributed by atoms with Crippen molar-refractivity contribution in [2.45, 2.75) is 18.2 Å². The van der Waals surface area contributed by atoms with Crippen LogP contribution < -0.4 is 10.0 Å². The Morgan fingerprint density at radius 3 is 2.44 bits per heavy atom. The second-order valence-electron chi connectivity index (χ2n) is 3.63. The minimum absolute atomic E-state index is 0.159. The van der Waals surface area contributed by atoms with Gasteiger partial charge in [-0.15, -0.1) is 0 Å². The van der Waals surface area contributed by atoms with Crippen molar-refractivity contribution in [2.24, 2.45) is 0 Å². The van der Waals surface area contributed by atoms with E-state index < -0.39 is 10.0 Å². The maximum absolute atomic E-state index is 11.8. The molecule has 0 aliphatic heterocycles. The van der Waals surface area contributed by atoms with E-state index in [4.69, 9.17) is 0 Å². The molecule has 0 fully saturated rings. The average Bonchev–Trinajstić information content (AvgIpc) is 2.34. The Bertz CT molecular complexity index is 500. The van der Waals surface area contributed by atoms with Gasteiger partial charge in [0.1, 0.15) is 0 Å². The summed E-state index contributed by atoms with van der Waals surface area (Å²) in [6.45, 7) is 2.23. The van der Waals surface area contributed by atoms with E-state index in [-0.39, 0.29) is 17.3 Å². The highest BCUT2D eigenvalue weighted by Gasteiger charge is 2.14. The Labute approximate surface area is 121 Å². The molecule has 0 aromatic heterocycles. The molecule has 7 heteroatoms. The van der Waals surface area contributed by atoms with Crippen LogP contribution in [0.5, 0.6) is 0 Å². The van der Waals surface area contributed by atoms with E-state index in [9.17, 15) is 13.2 Å². The molecule has 18 heavy (non-hydrogen) atoms. The van der Waals surface area contributed by atoms with Gasteiger partial charge in [0, 0.05) is 10.1 Å². The van der Waals surface area contributed by atoms with Crippen molar-refractivity contribution in [3.8, 4) is 0 Å². The Morgan fingerprint density at radius 1 is 1.28 bits per heavy atom. The first-order valence-electron chi connectivity index (χ1n) is 5.47. The Balaban J connectivity index is 2.60. The summed E-state index contributed by atoms with van der Waals surface area (Å²) in [4.78, 5) is 11.5. The van der Waals surface area contributed by atoms with E-state index in [0.717, 1.165) is 9.99 Å². The van der Waals surface area contributed by atoms with Gasteiger partial charge in [-0.1, -0.05) is 6.92 Å². The van der Waals surface area contributed by atoms with Crippen molar-refractivity contribution >= 4 is 38.5 Å². The van der Waals surface area contributed by atoms with Crippen LogP contribution in [0.15, 0.2) is 29.2 Å². The summed E-state index contributed by atoms with van der Waals surface area (Å²) in [6.07, 6.45) is 0.815. The molecule has 5 nitrogen and oxygen atoms in total. The second kappa shape index (κ2) is 7.05. The number of rotatable bonds is 6. The van der Waals surface area contributed by atoms with Crippen molar-refractivity contribution in [2.75, 3.05) is 13.1 Å². The van der Waals surface area contributed by atoms with Gasteiger partial charge in [0.05, 0.1) is 11.4 Å². The Kier molecular flexibility index (Phi) is 6.03. The fourth-order valence-corrected chi connectivity index (χ4v) is 2.53. The highest BCUT2D eigenvalue weighted by molar-refractivity contribution is 14.1. The Morgan fingerprint density at radius 2 is 1.89 bits per heavy atom. The zero-order valence-corrected chi connectivity index (χ0v) is 12.9. The van der Waals surface area contributed by atoms with E-state index in [1.165, 1.54) is 12.1 Å². The quantitative estimate of drug-likeness (QED) is 0.724. The SMILES string of the molecule is CCCNC(=O)CNS(=O)(=O)c1ccc(I)cc1. The first-order valence-corrected chi connectivity index (χ1v) is 8.04. The van der Waals surface area contributed by atoms with Gasteiger partial charge in [0.2, 0.25) is 15.9 Å². The van der Waals surface area contributed by atoms with Crippen molar-refractivity contribution in [1.29, 1.82) is 0 Å². The predicted octanol–water partition coefficient (Wildman–Crippen LogP) is 1.10. The summed E-state index contributed by atoms with van der Waals surface area (Å²) in [6, 6.07) is 6.42. The number of hydrogen-bond acceptors (Lipinski definition) is 3. The maximum atomic E-state index is 11.8. The zero-order valence-electron chi connectivity index (χ0n) is 9.94. The zero-order chi connectivity index (χ0) is 13.6. The number of amides is 1. The summed E-state index contributed by atoms with van der Waals surface area (Å²) >= 11 is 2.09. The van der Waals surface area contributed by atoms with Crippen LogP contribution >= 0.6 is 22.6 Å². The van der Waals surface area contributed by atoms with Gasteiger partial charge in [0.15, 0.2) is 0 Å². The van der Waals surface area contributed by atoms with E-state index in [2.05, 4.69) is 32.6 Å². The largest absolute Gasteiger partial charge is 0.355 e. The van der Waals surface area contributed by atoms with E-state index in [1.54, 1.807) is 12.1 Å². The van der Waals surface area contributed by atoms with E-state index in [0.29, 0.717) is 6.54 Å². The van der Waals surface area contributed by atoms with Crippen LogP contribution in [-0.4, -0.2) is 27.4 Å². The second-order valence-corrected chi connectivity index (χ2v) is 6.64. The molecule has 0 aliphatic carbocycles. The molecular weight excluding hydrogens is 367 g/mol. The van der Waals surface area contributed by atoms with Crippen LogP contribution in [-0.2, 0) is 14.8 Å². The first kappa shape index (κ1) is 15.4. The maximum Gasteiger partial charge on any atom is 0.241 e. The minimum Gasteiger partial charge on any atom is -0.355 e. The number of halogens is 1. The predicted molar refractivity (Wildman–Crippen MR) is 77.6 cm³/mol. The standard InChI is InChI=1S/C11H15IN2O3S/c1-2-7-13-11(15)8-14-18(16,17)10-5-3-9(12)4-6-10/h3-6,14H,2,7-8H2,1H3,(H,13,15). The highest BCUT2D eigenvalue weighted by Crippen LogP contribution is 2.11. The lowest BCUT2D eigenvalue weighted by Gasteiger charge is -2.07. The van der Waals surface area contributed by atoms with Gasteiger partial charge in [0.25, 0.3) is 0 Å². The lowest BCUT2D eigenvalue weighted by atomic mass is 10.4. The molecule has 0 radical (unpaired) electrons. The van der Waals surface area contributed by atoms with Gasteiger partial charge in [-0.2, -0.15) is 0 Å². The molecule has 0 spiro atoms. The molecule has 2 N–H and O–H groups in total. The van der Waals surface area contributed by atoms with Crippen molar-refractivity contribution < 1.29 is 13.2 Å². The smallest absolute Gasteiger partial charge is 0.241 e. The normalized spacial score (nSPS) is 11.2. The lowest BCUT2D eigenvalue weighted by molar-refractivity contribution is -0.119. The molecule has 0 unspecified atom stereocenters. The molecule has 0 saturated heterocycles. The van der Waals surface area contributed by atoms with Gasteiger partial charge in [-0.05, 0) is 53.3 Å². The van der Waals surface area contributed by atoms with Crippen molar-refractivity contribution in [3.63, 3.8) is 0 Å². The molecule has 1 amide bonds. The van der Waals surface area contributed by atoms with Crippen LogP contribution in [0.3, 0.4) is 0 Å². The molecule has 0 atom stereocenters. The third-order valence-electron chi connectivity index (χ3n) is 2.12. The van der Waals surface area contributed by atoms with Crippen LogP contribution in [0.1, 0.15) is 13.3 Å². The number of carbonyl (C=O) groups is 1. The molecule has 1 aromatic carbocycles. The molecular formula is C11H15IN2O3S. The van der Waals surface area contributed by atoms with E-state index >= 15 is 0 Å². The number of benzene rings is 1. The highest BCUT2D eigenvalue weighted by atomic mass is 127. The third-order valence-corrected chi connectivity index (χ3v) is 4.26. The third kappa shape index (κ3) is 4.91. The van der Waals surface area contributed by atoms with Crippen molar-refractivity contribution in [3.05, 3.63) is 27.8 Å². The first-order chi connectivity index (χ1) is 8.45. The molecule has 100 valence electrons. The number of hydrogen-bond donors (Lipinski definition) is 2. The van der Waals surface area contributed by atoms with E-state index in [1.807, 2.05) is 6.92 Å². The van der Waals surface area contributed by atoms with Gasteiger partial charge >= 0.3 is 0 Å².